The lowest BCUT2D eigenvalue weighted by Crippen LogP contribution is -2.02. The van der Waals surface area contributed by atoms with Crippen LogP contribution < -0.4 is 4.74 Å². The van der Waals surface area contributed by atoms with Gasteiger partial charge in [0.2, 0.25) is 0 Å². The fraction of sp³-hybridized carbons (Fsp3) is 0.222. The first-order valence-corrected chi connectivity index (χ1v) is 3.98. The number of benzene rings is 1. The van der Waals surface area contributed by atoms with Crippen molar-refractivity contribution < 1.29 is 23.5 Å². The second-order valence-corrected chi connectivity index (χ2v) is 2.52. The van der Waals surface area contributed by atoms with Gasteiger partial charge in [-0.3, -0.25) is 0 Å². The number of halogens is 2. The lowest BCUT2D eigenvalue weighted by molar-refractivity contribution is -0.0512. The van der Waals surface area contributed by atoms with Crippen LogP contribution in [0.3, 0.4) is 0 Å². The SMILES string of the molecule is CON=Cc1ccc(OC(F)F)c(O)c1. The molecule has 0 saturated heterocycles. The molecule has 1 rings (SSSR count). The van der Waals surface area contributed by atoms with Crippen molar-refractivity contribution in [1.82, 2.24) is 0 Å². The van der Waals surface area contributed by atoms with Crippen molar-refractivity contribution in [2.75, 3.05) is 7.11 Å². The van der Waals surface area contributed by atoms with Gasteiger partial charge in [-0.05, 0) is 23.8 Å². The highest BCUT2D eigenvalue weighted by molar-refractivity contribution is 5.80. The summed E-state index contributed by atoms with van der Waals surface area (Å²) in [6.07, 6.45) is 1.33. The first kappa shape index (κ1) is 11.2. The number of rotatable bonds is 4. The Bertz CT molecular complexity index is 355. The number of hydrogen-bond acceptors (Lipinski definition) is 4. The van der Waals surface area contributed by atoms with Crippen molar-refractivity contribution >= 4 is 6.21 Å². The Labute approximate surface area is 84.7 Å². The normalized spacial score (nSPS) is 10.9. The Morgan fingerprint density at radius 3 is 2.73 bits per heavy atom. The van der Waals surface area contributed by atoms with Crippen LogP contribution in [0, 0.1) is 0 Å². The number of ether oxygens (including phenoxy) is 1. The quantitative estimate of drug-likeness (QED) is 0.619. The highest BCUT2D eigenvalue weighted by Crippen LogP contribution is 2.27. The monoisotopic (exact) mass is 217 g/mol. The zero-order valence-corrected chi connectivity index (χ0v) is 7.85. The largest absolute Gasteiger partial charge is 0.504 e. The Kier molecular flexibility index (Phi) is 3.84. The molecular weight excluding hydrogens is 208 g/mol. The number of oxime groups is 1. The van der Waals surface area contributed by atoms with E-state index in [1.54, 1.807) is 0 Å². The van der Waals surface area contributed by atoms with E-state index in [1.165, 1.54) is 31.5 Å². The molecule has 15 heavy (non-hydrogen) atoms. The highest BCUT2D eigenvalue weighted by Gasteiger charge is 2.08. The van der Waals surface area contributed by atoms with Gasteiger partial charge in [-0.15, -0.1) is 0 Å². The summed E-state index contributed by atoms with van der Waals surface area (Å²) in [7, 11) is 1.37. The molecule has 0 fully saturated rings. The smallest absolute Gasteiger partial charge is 0.387 e. The van der Waals surface area contributed by atoms with Crippen LogP contribution in [0.2, 0.25) is 0 Å². The fourth-order valence-corrected chi connectivity index (χ4v) is 0.924. The zero-order chi connectivity index (χ0) is 11.3. The molecule has 4 nitrogen and oxygen atoms in total. The van der Waals surface area contributed by atoms with Crippen LogP contribution in [0.5, 0.6) is 11.5 Å². The minimum absolute atomic E-state index is 0.278. The molecule has 6 heteroatoms. The van der Waals surface area contributed by atoms with Gasteiger partial charge in [0.15, 0.2) is 11.5 Å². The summed E-state index contributed by atoms with van der Waals surface area (Å²) in [6.45, 7) is -2.96. The zero-order valence-electron chi connectivity index (χ0n) is 7.85. The first-order valence-electron chi connectivity index (χ1n) is 3.98. The molecule has 1 aromatic rings. The van der Waals surface area contributed by atoms with Crippen molar-refractivity contribution in [2.45, 2.75) is 6.61 Å². The molecule has 1 aromatic carbocycles. The maximum Gasteiger partial charge on any atom is 0.387 e. The molecule has 0 amide bonds. The van der Waals surface area contributed by atoms with Gasteiger partial charge < -0.3 is 14.7 Å². The number of hydrogen-bond donors (Lipinski definition) is 1. The van der Waals surface area contributed by atoms with Gasteiger partial charge in [0.25, 0.3) is 0 Å². The van der Waals surface area contributed by atoms with Gasteiger partial charge in [-0.25, -0.2) is 0 Å². The topological polar surface area (TPSA) is 51.0 Å². The fourth-order valence-electron chi connectivity index (χ4n) is 0.924. The summed E-state index contributed by atoms with van der Waals surface area (Å²) in [6, 6.07) is 3.92. The van der Waals surface area contributed by atoms with Crippen LogP contribution in [0.15, 0.2) is 23.4 Å². The molecule has 0 unspecified atom stereocenters. The Morgan fingerprint density at radius 1 is 1.47 bits per heavy atom. The number of nitrogens with zero attached hydrogens (tertiary/aromatic N) is 1. The number of alkyl halides is 2. The van der Waals surface area contributed by atoms with Gasteiger partial charge >= 0.3 is 6.61 Å². The molecule has 0 bridgehead atoms. The predicted molar refractivity (Wildman–Crippen MR) is 49.3 cm³/mol. The molecule has 0 spiro atoms. The van der Waals surface area contributed by atoms with E-state index in [-0.39, 0.29) is 11.5 Å². The Morgan fingerprint density at radius 2 is 2.20 bits per heavy atom. The molecule has 0 radical (unpaired) electrons. The van der Waals surface area contributed by atoms with E-state index in [2.05, 4.69) is 14.7 Å². The standard InChI is InChI=1S/C9H9F2NO3/c1-14-12-5-6-2-3-8(7(13)4-6)15-9(10)11/h2-5,9,13H,1H3. The van der Waals surface area contributed by atoms with Crippen molar-refractivity contribution in [3.8, 4) is 11.5 Å². The van der Waals surface area contributed by atoms with Gasteiger partial charge in [-0.2, -0.15) is 8.78 Å². The second-order valence-electron chi connectivity index (χ2n) is 2.52. The molecule has 0 aliphatic carbocycles. The molecule has 0 heterocycles. The molecule has 82 valence electrons. The summed E-state index contributed by atoms with van der Waals surface area (Å²) in [4.78, 5) is 4.42. The lowest BCUT2D eigenvalue weighted by atomic mass is 10.2. The van der Waals surface area contributed by atoms with Crippen molar-refractivity contribution in [2.24, 2.45) is 5.16 Å². The van der Waals surface area contributed by atoms with Crippen molar-refractivity contribution in [1.29, 1.82) is 0 Å². The molecule has 0 aliphatic heterocycles. The van der Waals surface area contributed by atoms with Crippen molar-refractivity contribution in [3.63, 3.8) is 0 Å². The van der Waals surface area contributed by atoms with Crippen LogP contribution in [-0.2, 0) is 4.84 Å². The molecule has 0 aromatic heterocycles. The minimum Gasteiger partial charge on any atom is -0.504 e. The maximum atomic E-state index is 11.8. The van der Waals surface area contributed by atoms with Gasteiger partial charge in [0, 0.05) is 0 Å². The second kappa shape index (κ2) is 5.14. The molecular formula is C9H9F2NO3. The summed E-state index contributed by atoms with van der Waals surface area (Å²) >= 11 is 0. The van der Waals surface area contributed by atoms with E-state index >= 15 is 0 Å². The van der Waals surface area contributed by atoms with E-state index in [4.69, 9.17) is 0 Å². The predicted octanol–water partition coefficient (Wildman–Crippen LogP) is 1.97. The Hall–Kier alpha value is -1.85. The maximum absolute atomic E-state index is 11.8. The molecule has 0 aliphatic rings. The van der Waals surface area contributed by atoms with E-state index in [0.717, 1.165) is 0 Å². The number of phenols is 1. The third-order valence-electron chi connectivity index (χ3n) is 1.51. The van der Waals surface area contributed by atoms with Crippen molar-refractivity contribution in [3.05, 3.63) is 23.8 Å². The van der Waals surface area contributed by atoms with Crippen LogP contribution in [0.4, 0.5) is 8.78 Å². The molecule has 0 atom stereocenters. The number of aromatic hydroxyl groups is 1. The number of phenolic OH excluding ortho intramolecular Hbond substituents is 1. The molecule has 1 N–H and O–H groups in total. The van der Waals surface area contributed by atoms with Crippen LogP contribution in [-0.4, -0.2) is 25.0 Å². The first-order chi connectivity index (χ1) is 7.13. The highest BCUT2D eigenvalue weighted by atomic mass is 19.3. The summed E-state index contributed by atoms with van der Waals surface area (Å²) < 4.78 is 27.7. The van der Waals surface area contributed by atoms with Gasteiger partial charge in [-0.1, -0.05) is 5.16 Å². The van der Waals surface area contributed by atoms with Crippen LogP contribution in [0.1, 0.15) is 5.56 Å². The molecule has 0 saturated carbocycles. The van der Waals surface area contributed by atoms with Crippen LogP contribution in [0.25, 0.3) is 0 Å². The average Bonchev–Trinajstić information content (AvgIpc) is 2.18. The van der Waals surface area contributed by atoms with E-state index in [9.17, 15) is 13.9 Å². The van der Waals surface area contributed by atoms with Gasteiger partial charge in [0.1, 0.15) is 7.11 Å². The summed E-state index contributed by atoms with van der Waals surface area (Å²) in [5, 5.41) is 12.7. The lowest BCUT2D eigenvalue weighted by Gasteiger charge is -2.06. The minimum atomic E-state index is -2.96. The third-order valence-corrected chi connectivity index (χ3v) is 1.51. The Balaban J connectivity index is 2.83. The van der Waals surface area contributed by atoms with E-state index in [0.29, 0.717) is 5.56 Å². The third kappa shape index (κ3) is 3.41. The van der Waals surface area contributed by atoms with E-state index in [1.807, 2.05) is 0 Å². The van der Waals surface area contributed by atoms with E-state index < -0.39 is 6.61 Å². The van der Waals surface area contributed by atoms with Crippen LogP contribution >= 0.6 is 0 Å². The average molecular weight is 217 g/mol. The van der Waals surface area contributed by atoms with Gasteiger partial charge in [0.05, 0.1) is 6.21 Å². The summed E-state index contributed by atoms with van der Waals surface area (Å²) in [5.74, 6) is -0.657. The summed E-state index contributed by atoms with van der Waals surface area (Å²) in [5.41, 5.74) is 0.510.